The van der Waals surface area contributed by atoms with E-state index in [0.29, 0.717) is 17.4 Å². The Kier molecular flexibility index (Phi) is 7.65. The normalized spacial score (nSPS) is 33.0. The van der Waals surface area contributed by atoms with Crippen molar-refractivity contribution in [2.75, 3.05) is 11.5 Å². The summed E-state index contributed by atoms with van der Waals surface area (Å²) in [7, 11) is 0. The minimum Gasteiger partial charge on any atom is -0.450 e. The van der Waals surface area contributed by atoms with Crippen molar-refractivity contribution in [1.29, 1.82) is 0 Å². The van der Waals surface area contributed by atoms with Crippen LogP contribution in [-0.2, 0) is 19.2 Å². The number of hydroxylamine groups is 1. The van der Waals surface area contributed by atoms with E-state index in [0.717, 1.165) is 42.8 Å². The van der Waals surface area contributed by atoms with E-state index < -0.39 is 12.1 Å². The first-order valence-electron chi connectivity index (χ1n) is 10.7. The molecule has 28 heavy (non-hydrogen) atoms. The SMILES string of the molecule is CC(C)SCC[C@H](OC(=O)[C@H](C)CS)C(=O)ONC12CC3CC(CC(C3)C1)C2. The molecule has 1 N–H and O–H groups in total. The number of carbonyl (C=O) groups is 2. The molecule has 4 aliphatic rings. The second kappa shape index (κ2) is 9.61. The summed E-state index contributed by atoms with van der Waals surface area (Å²) in [5.41, 5.74) is 3.10. The number of hydrogen-bond acceptors (Lipinski definition) is 7. The number of rotatable bonds is 10. The highest BCUT2D eigenvalue weighted by atomic mass is 32.2. The molecule has 160 valence electrons. The van der Waals surface area contributed by atoms with Crippen LogP contribution in [0, 0.1) is 23.7 Å². The summed E-state index contributed by atoms with van der Waals surface area (Å²) in [6.45, 7) is 5.98. The van der Waals surface area contributed by atoms with Crippen LogP contribution in [0.5, 0.6) is 0 Å². The van der Waals surface area contributed by atoms with Gasteiger partial charge in [-0.3, -0.25) is 4.79 Å². The predicted octanol–water partition coefficient (Wildman–Crippen LogP) is 4.01. The molecular weight excluding hydrogens is 394 g/mol. The molecule has 7 heteroatoms. The lowest BCUT2D eigenvalue weighted by Crippen LogP contribution is -2.59. The molecular formula is C21H35NO4S2. The molecule has 0 radical (unpaired) electrons. The zero-order chi connectivity index (χ0) is 20.3. The molecule has 4 saturated carbocycles. The summed E-state index contributed by atoms with van der Waals surface area (Å²) < 4.78 is 5.50. The van der Waals surface area contributed by atoms with E-state index in [4.69, 9.17) is 9.57 Å². The Labute approximate surface area is 178 Å². The Morgan fingerprint density at radius 2 is 1.64 bits per heavy atom. The van der Waals surface area contributed by atoms with Gasteiger partial charge in [0.15, 0.2) is 0 Å². The third-order valence-corrected chi connectivity index (χ3v) is 8.12. The molecule has 0 unspecified atom stereocenters. The first-order valence-corrected chi connectivity index (χ1v) is 12.4. The van der Waals surface area contributed by atoms with E-state index in [-0.39, 0.29) is 17.4 Å². The maximum absolute atomic E-state index is 12.8. The fourth-order valence-electron chi connectivity index (χ4n) is 5.43. The quantitative estimate of drug-likeness (QED) is 0.311. The lowest BCUT2D eigenvalue weighted by atomic mass is 9.53. The molecule has 2 atom stereocenters. The second-order valence-corrected chi connectivity index (χ2v) is 11.5. The topological polar surface area (TPSA) is 64.6 Å². The lowest BCUT2D eigenvalue weighted by molar-refractivity contribution is -0.183. The zero-order valence-electron chi connectivity index (χ0n) is 17.3. The number of esters is 1. The van der Waals surface area contributed by atoms with E-state index in [1.54, 1.807) is 18.7 Å². The van der Waals surface area contributed by atoms with Crippen LogP contribution >= 0.6 is 24.4 Å². The summed E-state index contributed by atoms with van der Waals surface area (Å²) in [5.74, 6) is 2.25. The monoisotopic (exact) mass is 429 g/mol. The molecule has 0 aromatic heterocycles. The molecule has 0 amide bonds. The second-order valence-electron chi connectivity index (χ2n) is 9.44. The average Bonchev–Trinajstić information content (AvgIpc) is 2.63. The number of nitrogens with one attached hydrogen (secondary N) is 1. The number of carbonyl (C=O) groups excluding carboxylic acids is 2. The van der Waals surface area contributed by atoms with Crippen molar-refractivity contribution in [2.24, 2.45) is 23.7 Å². The minimum absolute atomic E-state index is 0.0654. The largest absolute Gasteiger partial charge is 0.450 e. The molecule has 0 aliphatic heterocycles. The molecule has 0 saturated heterocycles. The molecule has 0 spiro atoms. The van der Waals surface area contributed by atoms with Crippen molar-refractivity contribution < 1.29 is 19.2 Å². The Bertz CT molecular complexity index is 533. The van der Waals surface area contributed by atoms with Crippen LogP contribution in [0.25, 0.3) is 0 Å². The summed E-state index contributed by atoms with van der Waals surface area (Å²) >= 11 is 5.90. The summed E-state index contributed by atoms with van der Waals surface area (Å²) in [5, 5.41) is 0.467. The summed E-state index contributed by atoms with van der Waals surface area (Å²) in [6, 6.07) is 0. The first-order chi connectivity index (χ1) is 13.3. The maximum atomic E-state index is 12.8. The third-order valence-electron chi connectivity index (χ3n) is 6.44. The van der Waals surface area contributed by atoms with Crippen LogP contribution in [0.1, 0.15) is 65.7 Å². The zero-order valence-corrected chi connectivity index (χ0v) is 19.0. The van der Waals surface area contributed by atoms with E-state index in [1.165, 1.54) is 19.3 Å². The maximum Gasteiger partial charge on any atom is 0.366 e. The van der Waals surface area contributed by atoms with Crippen LogP contribution in [0.2, 0.25) is 0 Å². The molecule has 0 heterocycles. The Balaban J connectivity index is 1.56. The van der Waals surface area contributed by atoms with E-state index in [9.17, 15) is 9.59 Å². The van der Waals surface area contributed by atoms with Crippen molar-refractivity contribution >= 4 is 36.3 Å². The van der Waals surface area contributed by atoms with Gasteiger partial charge in [-0.25, -0.2) is 4.79 Å². The van der Waals surface area contributed by atoms with E-state index in [1.807, 2.05) is 0 Å². The van der Waals surface area contributed by atoms with Crippen molar-refractivity contribution in [3.8, 4) is 0 Å². The van der Waals surface area contributed by atoms with Crippen molar-refractivity contribution in [1.82, 2.24) is 5.48 Å². The van der Waals surface area contributed by atoms with Crippen LogP contribution in [0.3, 0.4) is 0 Å². The smallest absolute Gasteiger partial charge is 0.366 e. The van der Waals surface area contributed by atoms with E-state index >= 15 is 0 Å². The molecule has 4 aliphatic carbocycles. The third kappa shape index (κ3) is 5.60. The van der Waals surface area contributed by atoms with Gasteiger partial charge in [-0.05, 0) is 67.3 Å². The Hall–Kier alpha value is -0.400. The van der Waals surface area contributed by atoms with Crippen LogP contribution in [0.15, 0.2) is 0 Å². The number of thioether (sulfide) groups is 1. The van der Waals surface area contributed by atoms with Gasteiger partial charge < -0.3 is 9.57 Å². The highest BCUT2D eigenvalue weighted by Crippen LogP contribution is 2.55. The van der Waals surface area contributed by atoms with Gasteiger partial charge in [-0.1, -0.05) is 20.8 Å². The van der Waals surface area contributed by atoms with E-state index in [2.05, 4.69) is 32.0 Å². The van der Waals surface area contributed by atoms with Gasteiger partial charge in [0, 0.05) is 12.2 Å². The number of ether oxygens (including phenoxy) is 1. The van der Waals surface area contributed by atoms with Crippen molar-refractivity contribution in [3.63, 3.8) is 0 Å². The van der Waals surface area contributed by atoms with Gasteiger partial charge in [-0.15, -0.1) is 5.48 Å². The Morgan fingerprint density at radius 1 is 1.07 bits per heavy atom. The fraction of sp³-hybridized carbons (Fsp3) is 0.905. The van der Waals surface area contributed by atoms with Crippen LogP contribution in [-0.4, -0.2) is 40.3 Å². The van der Waals surface area contributed by atoms with Gasteiger partial charge in [0.1, 0.15) is 0 Å². The molecule has 5 nitrogen and oxygen atoms in total. The highest BCUT2D eigenvalue weighted by Gasteiger charge is 2.51. The van der Waals surface area contributed by atoms with Crippen molar-refractivity contribution in [3.05, 3.63) is 0 Å². The van der Waals surface area contributed by atoms with Gasteiger partial charge in [0.25, 0.3) is 0 Å². The van der Waals surface area contributed by atoms with Crippen molar-refractivity contribution in [2.45, 2.75) is 82.6 Å². The Morgan fingerprint density at radius 3 is 2.14 bits per heavy atom. The average molecular weight is 430 g/mol. The molecule has 4 bridgehead atoms. The minimum atomic E-state index is -0.859. The van der Waals surface area contributed by atoms with Crippen LogP contribution < -0.4 is 5.48 Å². The number of thiol groups is 1. The van der Waals surface area contributed by atoms with Crippen LogP contribution in [0.4, 0.5) is 0 Å². The standard InChI is InChI=1S/C21H35NO4S2/c1-13(2)28-5-4-18(25-19(23)14(3)12-27)20(24)26-22-21-9-15-6-16(10-21)8-17(7-15)11-21/h13-18,22,27H,4-12H2,1-3H3/t14-,15?,16?,17?,18+,21?/m1/s1. The van der Waals surface area contributed by atoms with Gasteiger partial charge in [0.2, 0.25) is 6.10 Å². The predicted molar refractivity (Wildman–Crippen MR) is 115 cm³/mol. The number of hydrogen-bond donors (Lipinski definition) is 2. The van der Waals surface area contributed by atoms with Gasteiger partial charge in [0.05, 0.1) is 11.5 Å². The lowest BCUT2D eigenvalue weighted by Gasteiger charge is -2.56. The van der Waals surface area contributed by atoms with Gasteiger partial charge in [-0.2, -0.15) is 24.4 Å². The molecule has 0 aromatic rings. The molecule has 0 aromatic carbocycles. The summed E-state index contributed by atoms with van der Waals surface area (Å²) in [4.78, 5) is 30.5. The molecule has 4 fully saturated rings. The van der Waals surface area contributed by atoms with Gasteiger partial charge >= 0.3 is 11.9 Å². The highest BCUT2D eigenvalue weighted by molar-refractivity contribution is 7.99. The first kappa shape index (κ1) is 22.3. The molecule has 4 rings (SSSR count). The fourth-order valence-corrected chi connectivity index (χ4v) is 6.40. The summed E-state index contributed by atoms with van der Waals surface area (Å²) in [6.07, 6.45) is 6.90.